The van der Waals surface area contributed by atoms with Crippen LogP contribution in [0.5, 0.6) is 5.75 Å². The topological polar surface area (TPSA) is 105 Å². The van der Waals surface area contributed by atoms with Gasteiger partial charge in [-0.25, -0.2) is 13.9 Å². The van der Waals surface area contributed by atoms with Crippen LogP contribution in [-0.2, 0) is 37.9 Å². The summed E-state index contributed by atoms with van der Waals surface area (Å²) in [5.41, 5.74) is -5.36. The van der Waals surface area contributed by atoms with E-state index in [9.17, 15) is 40.3 Å². The van der Waals surface area contributed by atoms with E-state index in [1.807, 2.05) is 0 Å². The van der Waals surface area contributed by atoms with Gasteiger partial charge in [0.1, 0.15) is 17.1 Å². The van der Waals surface area contributed by atoms with E-state index in [1.165, 1.54) is 0 Å². The number of aromatic nitrogens is 3. The van der Waals surface area contributed by atoms with Crippen molar-refractivity contribution in [2.45, 2.75) is 51.7 Å². The van der Waals surface area contributed by atoms with Crippen LogP contribution >= 0.6 is 0 Å². The first-order valence-corrected chi connectivity index (χ1v) is 13.7. The number of ether oxygens (including phenoxy) is 4. The molecule has 2 aromatic carbocycles. The van der Waals surface area contributed by atoms with Crippen LogP contribution in [0.25, 0.3) is 11.3 Å². The Labute approximate surface area is 259 Å². The molecule has 0 fully saturated rings. The van der Waals surface area contributed by atoms with Crippen LogP contribution in [0, 0.1) is 5.82 Å². The lowest BCUT2D eigenvalue weighted by atomic mass is 10.0. The molecule has 0 spiro atoms. The summed E-state index contributed by atoms with van der Waals surface area (Å²) < 4.78 is 118. The van der Waals surface area contributed by atoms with Crippen LogP contribution in [0.15, 0.2) is 42.6 Å². The number of benzene rings is 2. The quantitative estimate of drug-likeness (QED) is 0.123. The van der Waals surface area contributed by atoms with Crippen LogP contribution < -0.4 is 9.64 Å². The average molecular weight is 665 g/mol. The normalized spacial score (nSPS) is 12.2. The van der Waals surface area contributed by atoms with Crippen molar-refractivity contribution >= 4 is 17.7 Å². The number of anilines is 1. The lowest BCUT2D eigenvalue weighted by Gasteiger charge is -2.22. The predicted octanol–water partition coefficient (Wildman–Crippen LogP) is 6.52. The molecule has 46 heavy (non-hydrogen) atoms. The maximum absolute atomic E-state index is 14.1. The van der Waals surface area contributed by atoms with Crippen molar-refractivity contribution in [2.24, 2.45) is 0 Å². The number of alkyl halides is 6. The molecule has 0 saturated heterocycles. The molecule has 0 unspecified atom stereocenters. The number of hydrogen-bond donors (Lipinski definition) is 0. The highest BCUT2D eigenvalue weighted by Crippen LogP contribution is 2.45. The Bertz CT molecular complexity index is 1490. The predicted molar refractivity (Wildman–Crippen MR) is 148 cm³/mol. The highest BCUT2D eigenvalue weighted by atomic mass is 19.4. The molecule has 0 N–H and O–H groups in total. The van der Waals surface area contributed by atoms with E-state index in [4.69, 9.17) is 18.9 Å². The van der Waals surface area contributed by atoms with Gasteiger partial charge in [-0.1, -0.05) is 5.21 Å². The highest BCUT2D eigenvalue weighted by molar-refractivity contribution is 5.90. The van der Waals surface area contributed by atoms with Gasteiger partial charge in [0.15, 0.2) is 5.75 Å². The Morgan fingerprint density at radius 3 is 2.11 bits per heavy atom. The Balaban J connectivity index is 1.74. The highest BCUT2D eigenvalue weighted by Gasteiger charge is 2.42. The molecular formula is C29H31F7N4O6. The Morgan fingerprint density at radius 2 is 1.52 bits per heavy atom. The van der Waals surface area contributed by atoms with Crippen LogP contribution in [0.2, 0.25) is 0 Å². The van der Waals surface area contributed by atoms with Crippen LogP contribution in [0.3, 0.4) is 0 Å². The molecule has 0 aliphatic rings. The average Bonchev–Trinajstić information content (AvgIpc) is 3.41. The molecule has 0 saturated carbocycles. The summed E-state index contributed by atoms with van der Waals surface area (Å²) in [4.78, 5) is 25.2. The summed E-state index contributed by atoms with van der Waals surface area (Å²) in [5, 5.41) is 7.44. The first-order valence-electron chi connectivity index (χ1n) is 13.7. The number of amides is 1. The van der Waals surface area contributed by atoms with E-state index in [0.717, 1.165) is 47.1 Å². The van der Waals surface area contributed by atoms with Crippen molar-refractivity contribution in [1.82, 2.24) is 15.0 Å². The van der Waals surface area contributed by atoms with Crippen LogP contribution in [-0.4, -0.2) is 66.1 Å². The number of nitrogens with zero attached hydrogens (tertiary/aromatic N) is 4. The molecule has 0 aliphatic carbocycles. The number of carbonyl (C=O) groups is 2. The van der Waals surface area contributed by atoms with Crippen LogP contribution in [0.4, 0.5) is 41.2 Å². The van der Waals surface area contributed by atoms with Gasteiger partial charge in [0.25, 0.3) is 0 Å². The SMILES string of the molecule is CN(C(=O)Oc1c(-c2cn(CCOCCOCCC(=O)OC(C)(C)C)nn2)cc(C(F)(F)F)cc1C(F)(F)F)c1ccc(F)cc1. The fourth-order valence-corrected chi connectivity index (χ4v) is 3.79. The molecule has 0 radical (unpaired) electrons. The Morgan fingerprint density at radius 1 is 0.891 bits per heavy atom. The summed E-state index contributed by atoms with van der Waals surface area (Å²) >= 11 is 0. The molecule has 0 atom stereocenters. The van der Waals surface area contributed by atoms with Crippen molar-refractivity contribution < 1.29 is 59.3 Å². The molecule has 1 heterocycles. The monoisotopic (exact) mass is 664 g/mol. The van der Waals surface area contributed by atoms with Gasteiger partial charge >= 0.3 is 24.4 Å². The van der Waals surface area contributed by atoms with Gasteiger partial charge in [0.2, 0.25) is 0 Å². The van der Waals surface area contributed by atoms with Gasteiger partial charge in [-0.3, -0.25) is 9.69 Å². The van der Waals surface area contributed by atoms with E-state index >= 15 is 0 Å². The van der Waals surface area contributed by atoms with Gasteiger partial charge in [-0.15, -0.1) is 5.10 Å². The summed E-state index contributed by atoms with van der Waals surface area (Å²) in [6, 6.07) is 4.49. The molecule has 10 nitrogen and oxygen atoms in total. The standard InChI is InChI=1S/C29H31F7N4O6/c1-27(2,3)46-24(41)9-11-43-13-14-44-12-10-40-17-23(37-38-40)21-15-18(28(31,32)33)16-22(29(34,35)36)25(21)45-26(42)39(4)20-7-5-19(30)6-8-20/h5-8,15-17H,9-14H2,1-4H3. The second-order valence-electron chi connectivity index (χ2n) is 10.7. The van der Waals surface area contributed by atoms with E-state index in [-0.39, 0.29) is 51.1 Å². The second kappa shape index (κ2) is 14.9. The summed E-state index contributed by atoms with van der Waals surface area (Å²) in [5.74, 6) is -2.30. The van der Waals surface area contributed by atoms with Crippen molar-refractivity contribution in [3.05, 3.63) is 59.5 Å². The Kier molecular flexibility index (Phi) is 11.7. The molecular weight excluding hydrogens is 633 g/mol. The smallest absolute Gasteiger partial charge is 0.420 e. The maximum atomic E-state index is 14.1. The largest absolute Gasteiger partial charge is 0.460 e. The second-order valence-corrected chi connectivity index (χ2v) is 10.7. The fourth-order valence-electron chi connectivity index (χ4n) is 3.79. The molecule has 0 aliphatic heterocycles. The summed E-state index contributed by atoms with van der Waals surface area (Å²) in [6.07, 6.45) is -10.9. The van der Waals surface area contributed by atoms with Crippen molar-refractivity contribution in [3.8, 4) is 17.0 Å². The molecule has 17 heteroatoms. The van der Waals surface area contributed by atoms with E-state index in [2.05, 4.69) is 10.3 Å². The van der Waals surface area contributed by atoms with Crippen molar-refractivity contribution in [2.75, 3.05) is 38.4 Å². The number of hydrogen-bond acceptors (Lipinski definition) is 8. The van der Waals surface area contributed by atoms with Gasteiger partial charge in [-0.05, 0) is 57.2 Å². The molecule has 3 rings (SSSR count). The van der Waals surface area contributed by atoms with E-state index < -0.39 is 64.0 Å². The number of rotatable bonds is 12. The third kappa shape index (κ3) is 10.7. The van der Waals surface area contributed by atoms with Gasteiger partial charge in [0, 0.05) is 18.3 Å². The molecule has 1 amide bonds. The van der Waals surface area contributed by atoms with Crippen molar-refractivity contribution in [3.63, 3.8) is 0 Å². The lowest BCUT2D eigenvalue weighted by molar-refractivity contribution is -0.156. The zero-order valence-corrected chi connectivity index (χ0v) is 25.2. The van der Waals surface area contributed by atoms with E-state index in [1.54, 1.807) is 20.8 Å². The molecule has 252 valence electrons. The zero-order chi connectivity index (χ0) is 34.3. The van der Waals surface area contributed by atoms with Gasteiger partial charge in [-0.2, -0.15) is 26.3 Å². The third-order valence-electron chi connectivity index (χ3n) is 5.92. The minimum atomic E-state index is -5.38. The van der Waals surface area contributed by atoms with Crippen LogP contribution in [0.1, 0.15) is 38.3 Å². The Hall–Kier alpha value is -4.25. The summed E-state index contributed by atoms with van der Waals surface area (Å²) in [6.45, 7) is 5.58. The van der Waals surface area contributed by atoms with Crippen molar-refractivity contribution in [1.29, 1.82) is 0 Å². The van der Waals surface area contributed by atoms with Gasteiger partial charge < -0.3 is 18.9 Å². The molecule has 3 aromatic rings. The van der Waals surface area contributed by atoms with E-state index in [0.29, 0.717) is 6.07 Å². The third-order valence-corrected chi connectivity index (χ3v) is 5.92. The first kappa shape index (κ1) is 36.2. The number of halogens is 7. The minimum Gasteiger partial charge on any atom is -0.460 e. The minimum absolute atomic E-state index is 0.00156. The fraction of sp³-hybridized carbons (Fsp3) is 0.448. The zero-order valence-electron chi connectivity index (χ0n) is 25.2. The van der Waals surface area contributed by atoms with Gasteiger partial charge in [0.05, 0.1) is 56.7 Å². The summed E-state index contributed by atoms with van der Waals surface area (Å²) in [7, 11) is 1.12. The molecule has 1 aromatic heterocycles. The number of carbonyl (C=O) groups excluding carboxylic acids is 2. The number of esters is 1. The first-order chi connectivity index (χ1) is 21.3. The molecule has 0 bridgehead atoms. The lowest BCUT2D eigenvalue weighted by Crippen LogP contribution is -2.30. The maximum Gasteiger partial charge on any atom is 0.420 e.